The highest BCUT2D eigenvalue weighted by Gasteiger charge is 2.09. The van der Waals surface area contributed by atoms with Crippen LogP contribution in [0.4, 0.5) is 0 Å². The van der Waals surface area contributed by atoms with Crippen LogP contribution in [0.3, 0.4) is 0 Å². The fourth-order valence-corrected chi connectivity index (χ4v) is 3.08. The van der Waals surface area contributed by atoms with E-state index in [2.05, 4.69) is 38.8 Å². The second-order valence-electron chi connectivity index (χ2n) is 7.21. The molecule has 0 aliphatic rings. The fourth-order valence-electron chi connectivity index (χ4n) is 3.08. The van der Waals surface area contributed by atoms with Crippen LogP contribution in [0.25, 0.3) is 10.9 Å². The largest absolute Gasteiger partial charge is 0.491 e. The third-order valence-corrected chi connectivity index (χ3v) is 4.44. The Morgan fingerprint density at radius 3 is 2.55 bits per heavy atom. The Hall–Kier alpha value is -2.99. The first-order valence-electron chi connectivity index (χ1n) is 10.1. The van der Waals surface area contributed by atoms with E-state index >= 15 is 0 Å². The van der Waals surface area contributed by atoms with Crippen molar-refractivity contribution in [2.45, 2.75) is 39.5 Å². The number of guanidine groups is 1. The van der Waals surface area contributed by atoms with Gasteiger partial charge in [-0.1, -0.05) is 30.3 Å². The van der Waals surface area contributed by atoms with Crippen molar-refractivity contribution in [2.75, 3.05) is 13.1 Å². The molecule has 0 fully saturated rings. The number of fused-ring (bicyclic) bond motifs is 1. The molecule has 29 heavy (non-hydrogen) atoms. The second-order valence-corrected chi connectivity index (χ2v) is 7.21. The summed E-state index contributed by atoms with van der Waals surface area (Å²) in [5, 5.41) is 18.1. The molecule has 0 aliphatic carbocycles. The smallest absolute Gasteiger partial charge is 0.191 e. The second kappa shape index (κ2) is 9.98. The van der Waals surface area contributed by atoms with Crippen molar-refractivity contribution in [1.82, 2.24) is 15.6 Å². The number of nitrogens with one attached hydrogen (secondary N) is 3. The number of ether oxygens (including phenoxy) is 1. The molecule has 1 atom stereocenters. The first-order chi connectivity index (χ1) is 14.0. The van der Waals surface area contributed by atoms with E-state index in [1.54, 1.807) is 0 Å². The number of rotatable bonds is 8. The fraction of sp³-hybridized carbons (Fsp3) is 0.348. The molecule has 0 spiro atoms. The van der Waals surface area contributed by atoms with Crippen LogP contribution >= 0.6 is 0 Å². The summed E-state index contributed by atoms with van der Waals surface area (Å²) in [6, 6.07) is 17.8. The molecular formula is C23H30N4O2. The van der Waals surface area contributed by atoms with Crippen molar-refractivity contribution >= 4 is 16.9 Å². The summed E-state index contributed by atoms with van der Waals surface area (Å²) in [5.41, 5.74) is 2.99. The summed E-state index contributed by atoms with van der Waals surface area (Å²) >= 11 is 0. The lowest BCUT2D eigenvalue weighted by molar-refractivity contribution is 0.180. The Morgan fingerprint density at radius 2 is 1.86 bits per heavy atom. The van der Waals surface area contributed by atoms with Crippen molar-refractivity contribution in [3.8, 4) is 5.75 Å². The molecule has 3 rings (SSSR count). The van der Waals surface area contributed by atoms with E-state index in [1.807, 2.05) is 57.2 Å². The van der Waals surface area contributed by atoms with Crippen molar-refractivity contribution in [3.63, 3.8) is 0 Å². The van der Waals surface area contributed by atoms with E-state index in [9.17, 15) is 5.11 Å². The van der Waals surface area contributed by atoms with Crippen LogP contribution in [0, 0.1) is 0 Å². The average molecular weight is 395 g/mol. The zero-order chi connectivity index (χ0) is 20.6. The van der Waals surface area contributed by atoms with E-state index in [4.69, 9.17) is 4.74 Å². The SMILES string of the molecule is CCNC(=NCc1cc2ccccc2[nH]1)NCC(O)c1ccc(OC(C)C)cc1. The third kappa shape index (κ3) is 5.99. The predicted octanol–water partition coefficient (Wildman–Crippen LogP) is 3.74. The summed E-state index contributed by atoms with van der Waals surface area (Å²) in [4.78, 5) is 8.00. The van der Waals surface area contributed by atoms with E-state index in [0.717, 1.165) is 29.1 Å². The number of hydrogen-bond donors (Lipinski definition) is 4. The minimum absolute atomic E-state index is 0.128. The minimum Gasteiger partial charge on any atom is -0.491 e. The van der Waals surface area contributed by atoms with Crippen LogP contribution in [0.2, 0.25) is 0 Å². The van der Waals surface area contributed by atoms with Crippen LogP contribution in [0.5, 0.6) is 5.75 Å². The van der Waals surface area contributed by atoms with Gasteiger partial charge in [-0.2, -0.15) is 0 Å². The maximum absolute atomic E-state index is 10.5. The van der Waals surface area contributed by atoms with Gasteiger partial charge in [-0.15, -0.1) is 0 Å². The lowest BCUT2D eigenvalue weighted by atomic mass is 10.1. The van der Waals surface area contributed by atoms with Gasteiger partial charge in [0.1, 0.15) is 5.75 Å². The normalized spacial score (nSPS) is 12.9. The molecule has 1 unspecified atom stereocenters. The Bertz CT molecular complexity index is 898. The van der Waals surface area contributed by atoms with Gasteiger partial charge in [-0.25, -0.2) is 4.99 Å². The topological polar surface area (TPSA) is 81.7 Å². The summed E-state index contributed by atoms with van der Waals surface area (Å²) in [6.45, 7) is 7.64. The van der Waals surface area contributed by atoms with E-state index in [-0.39, 0.29) is 6.10 Å². The highest BCUT2D eigenvalue weighted by atomic mass is 16.5. The van der Waals surface area contributed by atoms with Crippen molar-refractivity contribution in [3.05, 3.63) is 65.9 Å². The lowest BCUT2D eigenvalue weighted by Gasteiger charge is -2.16. The number of aliphatic imine (C=N–C) groups is 1. The Kier molecular flexibility index (Phi) is 7.14. The van der Waals surface area contributed by atoms with Crippen LogP contribution in [0.15, 0.2) is 59.6 Å². The maximum atomic E-state index is 10.5. The van der Waals surface area contributed by atoms with Gasteiger partial charge in [-0.05, 0) is 56.0 Å². The van der Waals surface area contributed by atoms with Crippen molar-refractivity contribution in [2.24, 2.45) is 4.99 Å². The number of H-pyrrole nitrogens is 1. The Balaban J connectivity index is 1.58. The number of nitrogens with zero attached hydrogens (tertiary/aromatic N) is 1. The van der Waals surface area contributed by atoms with Gasteiger partial charge in [0.15, 0.2) is 5.96 Å². The molecule has 0 bridgehead atoms. The van der Waals surface area contributed by atoms with E-state index in [0.29, 0.717) is 19.0 Å². The number of aromatic amines is 1. The summed E-state index contributed by atoms with van der Waals surface area (Å²) < 4.78 is 5.65. The van der Waals surface area contributed by atoms with Crippen molar-refractivity contribution in [1.29, 1.82) is 0 Å². The van der Waals surface area contributed by atoms with Gasteiger partial charge in [0.25, 0.3) is 0 Å². The molecule has 4 N–H and O–H groups in total. The number of aromatic nitrogens is 1. The molecule has 154 valence electrons. The molecular weight excluding hydrogens is 364 g/mol. The summed E-state index contributed by atoms with van der Waals surface area (Å²) in [6.07, 6.45) is -0.511. The molecule has 6 nitrogen and oxygen atoms in total. The molecule has 6 heteroatoms. The molecule has 2 aromatic carbocycles. The zero-order valence-electron chi connectivity index (χ0n) is 17.3. The number of aliphatic hydroxyl groups excluding tert-OH is 1. The Morgan fingerprint density at radius 1 is 1.10 bits per heavy atom. The highest BCUT2D eigenvalue weighted by Crippen LogP contribution is 2.18. The van der Waals surface area contributed by atoms with E-state index < -0.39 is 6.10 Å². The monoisotopic (exact) mass is 394 g/mol. The maximum Gasteiger partial charge on any atom is 0.191 e. The first-order valence-corrected chi connectivity index (χ1v) is 10.1. The number of para-hydroxylation sites is 1. The third-order valence-electron chi connectivity index (χ3n) is 4.44. The molecule has 1 heterocycles. The molecule has 1 aromatic heterocycles. The van der Waals surface area contributed by atoms with Crippen LogP contribution in [-0.2, 0) is 6.54 Å². The minimum atomic E-state index is -0.639. The standard InChI is InChI=1S/C23H30N4O2/c1-4-24-23(25-14-19-13-18-7-5-6-8-21(18)27-19)26-15-22(28)17-9-11-20(12-10-17)29-16(2)3/h5-13,16,22,27-28H,4,14-15H2,1-3H3,(H2,24,25,26). The summed E-state index contributed by atoms with van der Waals surface area (Å²) in [7, 11) is 0. The van der Waals surface area contributed by atoms with Gasteiger partial charge in [-0.3, -0.25) is 0 Å². The van der Waals surface area contributed by atoms with E-state index in [1.165, 1.54) is 5.39 Å². The number of hydrogen-bond acceptors (Lipinski definition) is 3. The molecule has 0 saturated heterocycles. The average Bonchev–Trinajstić information content (AvgIpc) is 3.13. The van der Waals surface area contributed by atoms with Crippen molar-refractivity contribution < 1.29 is 9.84 Å². The lowest BCUT2D eigenvalue weighted by Crippen LogP contribution is -2.39. The van der Waals surface area contributed by atoms with Crippen LogP contribution in [0.1, 0.15) is 38.1 Å². The molecule has 0 amide bonds. The predicted molar refractivity (Wildman–Crippen MR) is 118 cm³/mol. The molecule has 0 aliphatic heterocycles. The van der Waals surface area contributed by atoms with Gasteiger partial charge < -0.3 is 25.5 Å². The van der Waals surface area contributed by atoms with Gasteiger partial charge in [0.2, 0.25) is 0 Å². The quantitative estimate of drug-likeness (QED) is 0.346. The van der Waals surface area contributed by atoms with Gasteiger partial charge in [0.05, 0.1) is 18.8 Å². The van der Waals surface area contributed by atoms with Gasteiger partial charge >= 0.3 is 0 Å². The molecule has 0 radical (unpaired) electrons. The van der Waals surface area contributed by atoms with Crippen LogP contribution < -0.4 is 15.4 Å². The number of aliphatic hydroxyl groups is 1. The first kappa shape index (κ1) is 20.7. The molecule has 3 aromatic rings. The zero-order valence-corrected chi connectivity index (χ0v) is 17.3. The highest BCUT2D eigenvalue weighted by molar-refractivity contribution is 5.81. The summed E-state index contributed by atoms with van der Waals surface area (Å²) in [5.74, 6) is 1.47. The molecule has 0 saturated carbocycles. The number of benzene rings is 2. The van der Waals surface area contributed by atoms with Gasteiger partial charge in [0, 0.05) is 24.3 Å². The Labute approximate surface area is 172 Å². The van der Waals surface area contributed by atoms with Crippen LogP contribution in [-0.4, -0.2) is 35.2 Å².